The van der Waals surface area contributed by atoms with E-state index in [1.807, 2.05) is 31.3 Å². The zero-order chi connectivity index (χ0) is 16.7. The van der Waals surface area contributed by atoms with E-state index in [1.54, 1.807) is 17.7 Å². The maximum absolute atomic E-state index is 6.06. The van der Waals surface area contributed by atoms with Gasteiger partial charge in [0.05, 0.1) is 11.9 Å². The van der Waals surface area contributed by atoms with Crippen LogP contribution in [0.1, 0.15) is 10.4 Å². The number of hydrogen-bond donors (Lipinski definition) is 0. The van der Waals surface area contributed by atoms with Crippen LogP contribution in [0.5, 0.6) is 11.5 Å². The summed E-state index contributed by atoms with van der Waals surface area (Å²) in [5, 5.41) is 1.14. The van der Waals surface area contributed by atoms with Gasteiger partial charge >= 0.3 is 0 Å². The van der Waals surface area contributed by atoms with Crippen molar-refractivity contribution in [2.24, 2.45) is 0 Å². The van der Waals surface area contributed by atoms with E-state index in [0.29, 0.717) is 13.2 Å². The van der Waals surface area contributed by atoms with Crippen molar-refractivity contribution >= 4 is 27.4 Å². The van der Waals surface area contributed by atoms with E-state index in [4.69, 9.17) is 9.47 Å². The highest BCUT2D eigenvalue weighted by molar-refractivity contribution is 7.18. The van der Waals surface area contributed by atoms with Crippen LogP contribution >= 0.6 is 11.3 Å². The molecule has 0 amide bonds. The van der Waals surface area contributed by atoms with Gasteiger partial charge in [-0.3, -0.25) is 0 Å². The van der Waals surface area contributed by atoms with Crippen molar-refractivity contribution in [3.8, 4) is 11.5 Å². The molecule has 0 aliphatic carbocycles. The maximum atomic E-state index is 6.06. The fourth-order valence-corrected chi connectivity index (χ4v) is 3.99. The molecule has 0 saturated heterocycles. The minimum Gasteiger partial charge on any atom is -0.486 e. The highest BCUT2D eigenvalue weighted by Crippen LogP contribution is 2.35. The molecule has 1 aromatic carbocycles. The number of fused-ring (bicyclic) bond motifs is 2. The Morgan fingerprint density at radius 1 is 1.21 bits per heavy atom. The highest BCUT2D eigenvalue weighted by Gasteiger charge is 2.24. The number of anilines is 1. The molecule has 1 aliphatic heterocycles. The van der Waals surface area contributed by atoms with Gasteiger partial charge in [0.25, 0.3) is 0 Å². The summed E-state index contributed by atoms with van der Waals surface area (Å²) in [6.07, 6.45) is 1.60. The van der Waals surface area contributed by atoms with Crippen LogP contribution in [-0.2, 0) is 0 Å². The van der Waals surface area contributed by atoms with Crippen LogP contribution in [0.2, 0.25) is 0 Å². The minimum atomic E-state index is -0.0324. The molecule has 0 unspecified atom stereocenters. The van der Waals surface area contributed by atoms with Crippen molar-refractivity contribution in [1.29, 1.82) is 0 Å². The second kappa shape index (κ2) is 5.94. The molecule has 0 saturated carbocycles. The summed E-state index contributed by atoms with van der Waals surface area (Å²) in [6.45, 7) is 5.50. The van der Waals surface area contributed by atoms with Gasteiger partial charge in [0.15, 0.2) is 17.6 Å². The number of aromatic nitrogens is 2. The molecule has 4 rings (SSSR count). The number of aryl methyl sites for hydroxylation is 2. The van der Waals surface area contributed by atoms with Crippen molar-refractivity contribution in [3.05, 3.63) is 41.0 Å². The number of likely N-dealkylation sites (N-methyl/N-ethyl adjacent to an activating group) is 1. The summed E-state index contributed by atoms with van der Waals surface area (Å²) in [5.74, 6) is 2.56. The van der Waals surface area contributed by atoms with Crippen LogP contribution in [0, 0.1) is 13.8 Å². The van der Waals surface area contributed by atoms with Gasteiger partial charge in [-0.15, -0.1) is 11.3 Å². The summed E-state index contributed by atoms with van der Waals surface area (Å²) in [7, 11) is 2.04. The standard InChI is InChI=1S/C18H19N3O2S/c1-11-12(2)24-18-16(11)17(19-10-20-18)21(3)8-13-9-22-14-6-4-5-7-15(14)23-13/h4-7,10,13H,8-9H2,1-3H3/t13-/m1/s1. The second-order valence-electron chi connectivity index (χ2n) is 6.04. The zero-order valence-electron chi connectivity index (χ0n) is 13.9. The molecule has 124 valence electrons. The smallest absolute Gasteiger partial charge is 0.161 e. The SMILES string of the molecule is Cc1sc2ncnc(N(C)C[C@@H]3COc4ccccc4O3)c2c1C. The van der Waals surface area contributed by atoms with Crippen molar-refractivity contribution in [2.75, 3.05) is 25.1 Å². The maximum Gasteiger partial charge on any atom is 0.161 e. The quantitative estimate of drug-likeness (QED) is 0.729. The first kappa shape index (κ1) is 15.2. The van der Waals surface area contributed by atoms with Gasteiger partial charge in [-0.2, -0.15) is 0 Å². The van der Waals surface area contributed by atoms with E-state index in [1.165, 1.54) is 10.4 Å². The Labute approximate surface area is 144 Å². The monoisotopic (exact) mass is 341 g/mol. The zero-order valence-corrected chi connectivity index (χ0v) is 14.8. The molecule has 0 radical (unpaired) electrons. The van der Waals surface area contributed by atoms with Crippen molar-refractivity contribution < 1.29 is 9.47 Å². The molecule has 3 aromatic rings. The number of ether oxygens (including phenoxy) is 2. The van der Waals surface area contributed by atoms with E-state index in [9.17, 15) is 0 Å². The van der Waals surface area contributed by atoms with Gasteiger partial charge in [-0.1, -0.05) is 12.1 Å². The van der Waals surface area contributed by atoms with Crippen LogP contribution in [-0.4, -0.2) is 36.3 Å². The molecule has 3 heterocycles. The number of nitrogens with zero attached hydrogens (tertiary/aromatic N) is 3. The molecule has 1 atom stereocenters. The molecule has 0 fully saturated rings. The molecule has 1 aliphatic rings. The Bertz CT molecular complexity index is 893. The lowest BCUT2D eigenvalue weighted by Gasteiger charge is -2.30. The van der Waals surface area contributed by atoms with Gasteiger partial charge in [0.2, 0.25) is 0 Å². The third-order valence-electron chi connectivity index (χ3n) is 4.35. The lowest BCUT2D eigenvalue weighted by atomic mass is 10.2. The highest BCUT2D eigenvalue weighted by atomic mass is 32.1. The molecular weight excluding hydrogens is 322 g/mol. The van der Waals surface area contributed by atoms with E-state index in [0.717, 1.165) is 27.5 Å². The van der Waals surface area contributed by atoms with Gasteiger partial charge in [-0.25, -0.2) is 9.97 Å². The molecule has 5 nitrogen and oxygen atoms in total. The molecule has 6 heteroatoms. The topological polar surface area (TPSA) is 47.5 Å². The van der Waals surface area contributed by atoms with E-state index in [-0.39, 0.29) is 6.10 Å². The van der Waals surface area contributed by atoms with Crippen molar-refractivity contribution in [2.45, 2.75) is 20.0 Å². The van der Waals surface area contributed by atoms with Crippen molar-refractivity contribution in [3.63, 3.8) is 0 Å². The van der Waals surface area contributed by atoms with Gasteiger partial charge in [0, 0.05) is 11.9 Å². The second-order valence-corrected chi connectivity index (χ2v) is 7.24. The number of hydrogen-bond acceptors (Lipinski definition) is 6. The number of rotatable bonds is 3. The van der Waals surface area contributed by atoms with E-state index in [2.05, 4.69) is 28.7 Å². The lowest BCUT2D eigenvalue weighted by Crippen LogP contribution is -2.39. The molecule has 2 aromatic heterocycles. The Morgan fingerprint density at radius 2 is 2.00 bits per heavy atom. The molecule has 0 N–H and O–H groups in total. The third kappa shape index (κ3) is 2.57. The summed E-state index contributed by atoms with van der Waals surface area (Å²) in [4.78, 5) is 13.4. The first-order valence-corrected chi connectivity index (χ1v) is 8.75. The molecular formula is C18H19N3O2S. The fraction of sp³-hybridized carbons (Fsp3) is 0.333. The summed E-state index contributed by atoms with van der Waals surface area (Å²) >= 11 is 1.71. The Hall–Kier alpha value is -2.34. The van der Waals surface area contributed by atoms with E-state index < -0.39 is 0 Å². The first-order chi connectivity index (χ1) is 11.6. The predicted octanol–water partition coefficient (Wildman–Crippen LogP) is 3.58. The van der Waals surface area contributed by atoms with Crippen LogP contribution in [0.25, 0.3) is 10.2 Å². The molecule has 0 bridgehead atoms. The number of benzene rings is 1. The summed E-state index contributed by atoms with van der Waals surface area (Å²) in [6, 6.07) is 7.78. The molecule has 24 heavy (non-hydrogen) atoms. The van der Waals surface area contributed by atoms with Gasteiger partial charge < -0.3 is 14.4 Å². The normalized spacial score (nSPS) is 16.4. The Morgan fingerprint density at radius 3 is 2.83 bits per heavy atom. The average Bonchev–Trinajstić information content (AvgIpc) is 2.89. The van der Waals surface area contributed by atoms with Crippen molar-refractivity contribution in [1.82, 2.24) is 9.97 Å². The van der Waals surface area contributed by atoms with Crippen LogP contribution in [0.15, 0.2) is 30.6 Å². The minimum absolute atomic E-state index is 0.0324. The average molecular weight is 341 g/mol. The largest absolute Gasteiger partial charge is 0.486 e. The van der Waals surface area contributed by atoms with Gasteiger partial charge in [-0.05, 0) is 31.5 Å². The lowest BCUT2D eigenvalue weighted by molar-refractivity contribution is 0.0960. The Kier molecular flexibility index (Phi) is 3.76. The third-order valence-corrected chi connectivity index (χ3v) is 5.47. The Balaban J connectivity index is 1.58. The fourth-order valence-electron chi connectivity index (χ4n) is 3.00. The van der Waals surface area contributed by atoms with E-state index >= 15 is 0 Å². The van der Waals surface area contributed by atoms with Crippen LogP contribution < -0.4 is 14.4 Å². The summed E-state index contributed by atoms with van der Waals surface area (Å²) < 4.78 is 11.9. The number of para-hydroxylation sites is 2. The van der Waals surface area contributed by atoms with Crippen LogP contribution in [0.3, 0.4) is 0 Å². The van der Waals surface area contributed by atoms with Gasteiger partial charge in [0.1, 0.15) is 23.6 Å². The van der Waals surface area contributed by atoms with Crippen LogP contribution in [0.4, 0.5) is 5.82 Å². The first-order valence-electron chi connectivity index (χ1n) is 7.94. The predicted molar refractivity (Wildman–Crippen MR) is 96.5 cm³/mol. The summed E-state index contributed by atoms with van der Waals surface area (Å²) in [5.41, 5.74) is 1.25. The number of thiophene rings is 1. The molecule has 0 spiro atoms.